The predicted octanol–water partition coefficient (Wildman–Crippen LogP) is 4.81. The van der Waals surface area contributed by atoms with Gasteiger partial charge in [-0.25, -0.2) is 0 Å². The monoisotopic (exact) mass is 232 g/mol. The first-order valence-electron chi connectivity index (χ1n) is 6.29. The topological polar surface area (TPSA) is 0 Å². The first-order chi connectivity index (χ1) is 7.95. The predicted molar refractivity (Wildman–Crippen MR) is 73.8 cm³/mol. The molecule has 0 amide bonds. The van der Waals surface area contributed by atoms with Crippen LogP contribution >= 0.6 is 11.8 Å². The summed E-state index contributed by atoms with van der Waals surface area (Å²) in [6.07, 6.45) is 10.4. The maximum absolute atomic E-state index is 2.34. The number of hydrogen-bond acceptors (Lipinski definition) is 1. The van der Waals surface area contributed by atoms with Crippen molar-refractivity contribution in [1.29, 1.82) is 0 Å². The van der Waals surface area contributed by atoms with Crippen molar-refractivity contribution >= 4 is 11.8 Å². The summed E-state index contributed by atoms with van der Waals surface area (Å²) < 4.78 is 0. The lowest BCUT2D eigenvalue weighted by molar-refractivity contribution is 0.630. The van der Waals surface area contributed by atoms with Gasteiger partial charge in [-0.3, -0.25) is 0 Å². The summed E-state index contributed by atoms with van der Waals surface area (Å²) in [5.74, 6) is 0. The van der Waals surface area contributed by atoms with Gasteiger partial charge in [0, 0.05) is 5.25 Å². The van der Waals surface area contributed by atoms with Gasteiger partial charge in [0.05, 0.1) is 0 Å². The Bertz CT molecular complexity index is 315. The molecule has 0 saturated carbocycles. The van der Waals surface area contributed by atoms with E-state index in [9.17, 15) is 0 Å². The minimum atomic E-state index is 0.775. The van der Waals surface area contributed by atoms with Crippen molar-refractivity contribution in [2.45, 2.75) is 43.8 Å². The van der Waals surface area contributed by atoms with Crippen LogP contribution in [0.1, 0.15) is 37.7 Å². The van der Waals surface area contributed by atoms with E-state index in [4.69, 9.17) is 0 Å². The van der Waals surface area contributed by atoms with E-state index >= 15 is 0 Å². The molecule has 0 saturated heterocycles. The molecular weight excluding hydrogens is 212 g/mol. The van der Waals surface area contributed by atoms with Gasteiger partial charge in [0.2, 0.25) is 0 Å². The molecule has 0 bridgehead atoms. The fraction of sp³-hybridized carbons (Fsp3) is 0.467. The molecule has 1 heteroatoms. The summed E-state index contributed by atoms with van der Waals surface area (Å²) in [5.41, 5.74) is 1.48. The van der Waals surface area contributed by atoms with Gasteiger partial charge in [0.25, 0.3) is 0 Å². The molecule has 16 heavy (non-hydrogen) atoms. The number of hydrogen-bond donors (Lipinski definition) is 0. The second-order valence-corrected chi connectivity index (χ2v) is 5.67. The lowest BCUT2D eigenvalue weighted by Crippen LogP contribution is -2.05. The molecule has 0 fully saturated rings. The molecule has 0 aromatic heterocycles. The van der Waals surface area contributed by atoms with E-state index in [1.165, 1.54) is 44.1 Å². The lowest BCUT2D eigenvalue weighted by Gasteiger charge is -2.13. The quantitative estimate of drug-likeness (QED) is 0.705. The molecule has 1 heterocycles. The van der Waals surface area contributed by atoms with E-state index in [-0.39, 0.29) is 0 Å². The molecule has 0 radical (unpaired) electrons. The highest BCUT2D eigenvalue weighted by Gasteiger charge is 2.09. The molecule has 1 atom stereocenters. The molecule has 1 aromatic rings. The van der Waals surface area contributed by atoms with Crippen molar-refractivity contribution < 1.29 is 0 Å². The molecule has 0 nitrogen and oxygen atoms in total. The van der Waals surface area contributed by atoms with Crippen LogP contribution in [-0.4, -0.2) is 5.25 Å². The van der Waals surface area contributed by atoms with Crippen molar-refractivity contribution in [3.05, 3.63) is 47.4 Å². The number of rotatable bonds is 2. The van der Waals surface area contributed by atoms with Crippen LogP contribution in [0, 0.1) is 0 Å². The fourth-order valence-corrected chi connectivity index (χ4v) is 3.20. The average Bonchev–Trinajstić information content (AvgIpc) is 2.45. The van der Waals surface area contributed by atoms with Gasteiger partial charge in [0.15, 0.2) is 0 Å². The van der Waals surface area contributed by atoms with Crippen molar-refractivity contribution in [3.8, 4) is 0 Å². The Hall–Kier alpha value is -0.690. The average molecular weight is 232 g/mol. The second kappa shape index (κ2) is 6.80. The minimum Gasteiger partial charge on any atom is -0.131 e. The lowest BCUT2D eigenvalue weighted by atomic mass is 10.0. The van der Waals surface area contributed by atoms with Gasteiger partial charge in [0.1, 0.15) is 0 Å². The zero-order chi connectivity index (χ0) is 11.1. The Morgan fingerprint density at radius 2 is 1.94 bits per heavy atom. The van der Waals surface area contributed by atoms with Crippen molar-refractivity contribution in [3.63, 3.8) is 0 Å². The maximum Gasteiger partial charge on any atom is 0.0129 e. The summed E-state index contributed by atoms with van der Waals surface area (Å²) in [6.45, 7) is 0. The highest BCUT2D eigenvalue weighted by Crippen LogP contribution is 2.25. The van der Waals surface area contributed by atoms with Gasteiger partial charge < -0.3 is 0 Å². The summed E-state index contributed by atoms with van der Waals surface area (Å²) in [4.78, 5) is 0. The largest absolute Gasteiger partial charge is 0.131 e. The van der Waals surface area contributed by atoms with Gasteiger partial charge in [-0.05, 0) is 36.7 Å². The van der Waals surface area contributed by atoms with Crippen LogP contribution in [0.3, 0.4) is 0 Å². The Morgan fingerprint density at radius 3 is 2.81 bits per heavy atom. The summed E-state index contributed by atoms with van der Waals surface area (Å²) >= 11 is 2.02. The van der Waals surface area contributed by atoms with E-state index in [1.807, 2.05) is 11.8 Å². The maximum atomic E-state index is 2.34. The summed E-state index contributed by atoms with van der Waals surface area (Å²) in [7, 11) is 0. The third-order valence-electron chi connectivity index (χ3n) is 3.07. The molecule has 0 N–H and O–H groups in total. The van der Waals surface area contributed by atoms with E-state index in [1.54, 1.807) is 0 Å². The van der Waals surface area contributed by atoms with Crippen LogP contribution in [0.4, 0.5) is 0 Å². The summed E-state index contributed by atoms with van der Waals surface area (Å²) in [6, 6.07) is 10.9. The van der Waals surface area contributed by atoms with Crippen molar-refractivity contribution in [2.24, 2.45) is 0 Å². The van der Waals surface area contributed by atoms with Crippen LogP contribution in [0.25, 0.3) is 0 Å². The van der Waals surface area contributed by atoms with Crippen LogP contribution in [-0.2, 0) is 6.42 Å². The van der Waals surface area contributed by atoms with E-state index in [0.717, 1.165) is 5.25 Å². The smallest absolute Gasteiger partial charge is 0.0129 e. The van der Waals surface area contributed by atoms with Crippen molar-refractivity contribution in [2.75, 3.05) is 0 Å². The molecule has 0 aliphatic carbocycles. The molecule has 86 valence electrons. The van der Waals surface area contributed by atoms with Crippen LogP contribution < -0.4 is 0 Å². The number of benzene rings is 1. The Kier molecular flexibility index (Phi) is 5.01. The third-order valence-corrected chi connectivity index (χ3v) is 4.21. The number of thioether (sulfide) groups is 1. The Morgan fingerprint density at radius 1 is 1.06 bits per heavy atom. The van der Waals surface area contributed by atoms with Crippen LogP contribution in [0.5, 0.6) is 0 Å². The van der Waals surface area contributed by atoms with Gasteiger partial charge in [-0.2, -0.15) is 0 Å². The molecular formula is C15H20S. The fourth-order valence-electron chi connectivity index (χ4n) is 2.14. The third kappa shape index (κ3) is 4.05. The van der Waals surface area contributed by atoms with E-state index in [2.05, 4.69) is 41.8 Å². The van der Waals surface area contributed by atoms with E-state index in [0.29, 0.717) is 0 Å². The summed E-state index contributed by atoms with van der Waals surface area (Å²) in [5, 5.41) is 3.09. The highest BCUT2D eigenvalue weighted by molar-refractivity contribution is 8.02. The SMILES string of the molecule is C1=CSC(Cc2ccccc2)CCCCC1. The first-order valence-corrected chi connectivity index (χ1v) is 7.24. The molecule has 0 spiro atoms. The first kappa shape index (κ1) is 11.8. The molecule has 2 rings (SSSR count). The molecule has 1 aliphatic heterocycles. The normalized spacial score (nSPS) is 22.1. The van der Waals surface area contributed by atoms with E-state index < -0.39 is 0 Å². The van der Waals surface area contributed by atoms with Gasteiger partial charge in [-0.15, -0.1) is 11.8 Å². The second-order valence-electron chi connectivity index (χ2n) is 4.46. The zero-order valence-corrected chi connectivity index (χ0v) is 10.6. The Labute approximate surface area is 103 Å². The minimum absolute atomic E-state index is 0.775. The van der Waals surface area contributed by atoms with Gasteiger partial charge in [-0.1, -0.05) is 49.2 Å². The molecule has 1 aliphatic rings. The molecule has 1 unspecified atom stereocenters. The molecule has 1 aromatic carbocycles. The van der Waals surface area contributed by atoms with Crippen molar-refractivity contribution in [1.82, 2.24) is 0 Å². The van der Waals surface area contributed by atoms with Gasteiger partial charge >= 0.3 is 0 Å². The zero-order valence-electron chi connectivity index (χ0n) is 9.77. The van der Waals surface area contributed by atoms with Crippen LogP contribution in [0.15, 0.2) is 41.8 Å². The standard InChI is InChI=1S/C15H20S/c1-2-7-11-15(16-12-8-3-1)13-14-9-5-4-6-10-14/h4-6,8-10,12,15H,1-3,7,11,13H2. The highest BCUT2D eigenvalue weighted by atomic mass is 32.2. The Balaban J connectivity index is 1.91. The van der Waals surface area contributed by atoms with Crippen LogP contribution in [0.2, 0.25) is 0 Å². The number of allylic oxidation sites excluding steroid dienone is 1.